The van der Waals surface area contributed by atoms with Crippen LogP contribution in [-0.4, -0.2) is 37.2 Å². The SMILES string of the molecule is CCCCCC/C=C/CCCCCCCCCC(=O)OC[C@H](COC(=O)CCCCCCCCCCCCCCCCCCCC)OC(=O)CCCCCCCCC/C=C/CCCCCC. The number of esters is 3. The number of carbonyl (C=O) groups is 3. The lowest BCUT2D eigenvalue weighted by Gasteiger charge is -2.18. The van der Waals surface area contributed by atoms with Gasteiger partial charge in [-0.1, -0.05) is 257 Å². The molecule has 0 aromatic rings. The molecule has 0 saturated carbocycles. The maximum atomic E-state index is 12.8. The summed E-state index contributed by atoms with van der Waals surface area (Å²) >= 11 is 0. The van der Waals surface area contributed by atoms with Crippen molar-refractivity contribution in [1.82, 2.24) is 0 Å². The van der Waals surface area contributed by atoms with Crippen molar-refractivity contribution < 1.29 is 28.6 Å². The highest BCUT2D eigenvalue weighted by atomic mass is 16.6. The lowest BCUT2D eigenvalue weighted by atomic mass is 10.0. The number of carbonyl (C=O) groups excluding carboxylic acids is 3. The first-order valence-electron chi connectivity index (χ1n) is 29.3. The molecule has 0 aliphatic carbocycles. The van der Waals surface area contributed by atoms with Crippen molar-refractivity contribution >= 4 is 17.9 Å². The van der Waals surface area contributed by atoms with Crippen molar-refractivity contribution in [3.63, 3.8) is 0 Å². The first-order chi connectivity index (χ1) is 32.5. The Kier molecular flexibility index (Phi) is 53.7. The van der Waals surface area contributed by atoms with Gasteiger partial charge in [0.25, 0.3) is 0 Å². The Hall–Kier alpha value is -2.11. The first kappa shape index (κ1) is 63.9. The summed E-state index contributed by atoms with van der Waals surface area (Å²) in [6, 6.07) is 0. The Morgan fingerprint density at radius 3 is 0.773 bits per heavy atom. The number of hydrogen-bond acceptors (Lipinski definition) is 6. The Labute approximate surface area is 411 Å². The summed E-state index contributed by atoms with van der Waals surface area (Å²) in [4.78, 5) is 38.2. The summed E-state index contributed by atoms with van der Waals surface area (Å²) in [5, 5.41) is 0. The monoisotopic (exact) mass is 929 g/mol. The molecule has 388 valence electrons. The second-order valence-corrected chi connectivity index (χ2v) is 19.9. The van der Waals surface area contributed by atoms with E-state index in [0.717, 1.165) is 57.8 Å². The summed E-state index contributed by atoms with van der Waals surface area (Å²) in [5.41, 5.74) is 0. The Bertz CT molecular complexity index is 1070. The van der Waals surface area contributed by atoms with Gasteiger partial charge >= 0.3 is 17.9 Å². The zero-order chi connectivity index (χ0) is 47.9. The Balaban J connectivity index is 4.32. The molecule has 6 heteroatoms. The van der Waals surface area contributed by atoms with Crippen LogP contribution in [0.5, 0.6) is 0 Å². The average Bonchev–Trinajstić information content (AvgIpc) is 3.31. The number of allylic oxidation sites excluding steroid dienone is 4. The van der Waals surface area contributed by atoms with Crippen molar-refractivity contribution in [2.24, 2.45) is 0 Å². The molecule has 0 heterocycles. The summed E-state index contributed by atoms with van der Waals surface area (Å²) in [5.74, 6) is -0.858. The van der Waals surface area contributed by atoms with Crippen LogP contribution in [0.2, 0.25) is 0 Å². The topological polar surface area (TPSA) is 78.9 Å². The van der Waals surface area contributed by atoms with Crippen molar-refractivity contribution in [2.75, 3.05) is 13.2 Å². The highest BCUT2D eigenvalue weighted by molar-refractivity contribution is 5.71. The lowest BCUT2D eigenvalue weighted by Crippen LogP contribution is -2.30. The van der Waals surface area contributed by atoms with Gasteiger partial charge in [-0.05, 0) is 70.6 Å². The zero-order valence-electron chi connectivity index (χ0n) is 44.5. The highest BCUT2D eigenvalue weighted by Crippen LogP contribution is 2.17. The van der Waals surface area contributed by atoms with Crippen molar-refractivity contribution in [1.29, 1.82) is 0 Å². The van der Waals surface area contributed by atoms with Crippen LogP contribution in [0, 0.1) is 0 Å². The van der Waals surface area contributed by atoms with Crippen LogP contribution in [0.3, 0.4) is 0 Å². The summed E-state index contributed by atoms with van der Waals surface area (Å²) < 4.78 is 16.9. The summed E-state index contributed by atoms with van der Waals surface area (Å²) in [7, 11) is 0. The third-order valence-corrected chi connectivity index (χ3v) is 13.2. The second-order valence-electron chi connectivity index (χ2n) is 19.9. The third-order valence-electron chi connectivity index (χ3n) is 13.2. The molecule has 0 N–H and O–H groups in total. The molecule has 0 aromatic carbocycles. The van der Waals surface area contributed by atoms with Gasteiger partial charge in [-0.3, -0.25) is 14.4 Å². The largest absolute Gasteiger partial charge is 0.462 e. The van der Waals surface area contributed by atoms with E-state index in [0.29, 0.717) is 19.3 Å². The van der Waals surface area contributed by atoms with E-state index in [4.69, 9.17) is 14.2 Å². The molecule has 0 spiro atoms. The molecular weight excluding hydrogens is 817 g/mol. The van der Waals surface area contributed by atoms with Crippen LogP contribution >= 0.6 is 0 Å². The summed E-state index contributed by atoms with van der Waals surface area (Å²) in [6.07, 6.45) is 64.5. The number of ether oxygens (including phenoxy) is 3. The van der Waals surface area contributed by atoms with Crippen LogP contribution in [0.1, 0.15) is 323 Å². The second kappa shape index (κ2) is 55.5. The molecular formula is C60H112O6. The molecule has 1 atom stereocenters. The number of rotatable bonds is 54. The molecule has 0 fully saturated rings. The van der Waals surface area contributed by atoms with Crippen LogP contribution in [0.4, 0.5) is 0 Å². The van der Waals surface area contributed by atoms with Gasteiger partial charge in [0.05, 0.1) is 0 Å². The van der Waals surface area contributed by atoms with E-state index in [1.54, 1.807) is 0 Å². The number of unbranched alkanes of at least 4 members (excludes halogenated alkanes) is 39. The minimum atomic E-state index is -0.771. The van der Waals surface area contributed by atoms with Gasteiger partial charge in [-0.15, -0.1) is 0 Å². The van der Waals surface area contributed by atoms with Crippen molar-refractivity contribution in [3.05, 3.63) is 24.3 Å². The molecule has 0 rings (SSSR count). The molecule has 66 heavy (non-hydrogen) atoms. The first-order valence-corrected chi connectivity index (χ1v) is 29.3. The van der Waals surface area contributed by atoms with Crippen LogP contribution in [0.25, 0.3) is 0 Å². The quantitative estimate of drug-likeness (QED) is 0.0262. The van der Waals surface area contributed by atoms with E-state index in [-0.39, 0.29) is 31.1 Å². The maximum absolute atomic E-state index is 12.8. The Morgan fingerprint density at radius 2 is 0.500 bits per heavy atom. The van der Waals surface area contributed by atoms with Crippen LogP contribution < -0.4 is 0 Å². The molecule has 0 unspecified atom stereocenters. The fourth-order valence-corrected chi connectivity index (χ4v) is 8.73. The van der Waals surface area contributed by atoms with E-state index in [1.807, 2.05) is 0 Å². The van der Waals surface area contributed by atoms with E-state index < -0.39 is 6.10 Å². The normalized spacial score (nSPS) is 12.1. The minimum Gasteiger partial charge on any atom is -0.462 e. The predicted octanol–water partition coefficient (Wildman–Crippen LogP) is 19.5. The van der Waals surface area contributed by atoms with E-state index in [9.17, 15) is 14.4 Å². The van der Waals surface area contributed by atoms with Crippen molar-refractivity contribution in [2.45, 2.75) is 329 Å². The third kappa shape index (κ3) is 52.9. The van der Waals surface area contributed by atoms with Crippen LogP contribution in [0.15, 0.2) is 24.3 Å². The fraction of sp³-hybridized carbons (Fsp3) is 0.883. The molecule has 6 nitrogen and oxygen atoms in total. The van der Waals surface area contributed by atoms with Gasteiger partial charge in [0, 0.05) is 19.3 Å². The Morgan fingerprint density at radius 1 is 0.288 bits per heavy atom. The summed E-state index contributed by atoms with van der Waals surface area (Å²) in [6.45, 7) is 6.66. The van der Waals surface area contributed by atoms with Gasteiger partial charge in [0.2, 0.25) is 0 Å². The minimum absolute atomic E-state index is 0.0697. The lowest BCUT2D eigenvalue weighted by molar-refractivity contribution is -0.167. The van der Waals surface area contributed by atoms with E-state index in [2.05, 4.69) is 45.1 Å². The maximum Gasteiger partial charge on any atom is 0.306 e. The van der Waals surface area contributed by atoms with Gasteiger partial charge < -0.3 is 14.2 Å². The van der Waals surface area contributed by atoms with Gasteiger partial charge in [-0.25, -0.2) is 0 Å². The fourth-order valence-electron chi connectivity index (χ4n) is 8.73. The van der Waals surface area contributed by atoms with Crippen LogP contribution in [-0.2, 0) is 28.6 Å². The predicted molar refractivity (Wildman–Crippen MR) is 284 cm³/mol. The standard InChI is InChI=1S/C60H112O6/c1-4-7-10-13-16-19-22-25-28-29-30-33-35-38-41-44-47-50-53-59(62)65-56-57(66-60(63)54-51-48-45-42-39-36-32-27-24-21-18-15-12-9-6-3)55-64-58(61)52-49-46-43-40-37-34-31-26-23-20-17-14-11-8-5-2/h20-21,23-24,57H,4-19,22,25-56H2,1-3H3/b23-20+,24-21+/t57-/m1/s1. The molecule has 0 amide bonds. The molecule has 0 aromatic heterocycles. The van der Waals surface area contributed by atoms with Gasteiger partial charge in [0.15, 0.2) is 6.10 Å². The zero-order valence-corrected chi connectivity index (χ0v) is 44.5. The molecule has 0 aliphatic heterocycles. The van der Waals surface area contributed by atoms with Gasteiger partial charge in [-0.2, -0.15) is 0 Å². The highest BCUT2D eigenvalue weighted by Gasteiger charge is 2.19. The smallest absolute Gasteiger partial charge is 0.306 e. The molecule has 0 saturated heterocycles. The molecule has 0 radical (unpaired) electrons. The molecule has 0 bridgehead atoms. The van der Waals surface area contributed by atoms with E-state index in [1.165, 1.54) is 225 Å². The van der Waals surface area contributed by atoms with Crippen molar-refractivity contribution in [3.8, 4) is 0 Å². The average molecular weight is 930 g/mol. The molecule has 0 aliphatic rings. The van der Waals surface area contributed by atoms with Gasteiger partial charge in [0.1, 0.15) is 13.2 Å². The number of hydrogen-bond donors (Lipinski definition) is 0. The van der Waals surface area contributed by atoms with E-state index >= 15 is 0 Å².